The average molecular weight is 269 g/mol. The van der Waals surface area contributed by atoms with Crippen molar-refractivity contribution in [3.05, 3.63) is 18.0 Å². The summed E-state index contributed by atoms with van der Waals surface area (Å²) in [5, 5.41) is 8.74. The van der Waals surface area contributed by atoms with E-state index in [-0.39, 0.29) is 0 Å². The number of nitrogens with zero attached hydrogens (tertiary/aromatic N) is 2. The molecule has 0 amide bonds. The van der Waals surface area contributed by atoms with Crippen molar-refractivity contribution in [3.63, 3.8) is 0 Å². The Balaban J connectivity index is 2.73. The largest absolute Gasteiger partial charge is 0.308 e. The van der Waals surface area contributed by atoms with Crippen LogP contribution in [0.5, 0.6) is 0 Å². The number of rotatable bonds is 8. The molecule has 2 atom stereocenters. The summed E-state index contributed by atoms with van der Waals surface area (Å²) in [5.74, 6) is 1.11. The van der Waals surface area contributed by atoms with E-state index in [4.69, 9.17) is 0 Å². The molecule has 0 bridgehead atoms. The Morgan fingerprint density at radius 3 is 2.61 bits per heavy atom. The molecule has 1 rings (SSSR count). The van der Waals surface area contributed by atoms with E-state index in [0.717, 1.165) is 17.5 Å². The lowest BCUT2D eigenvalue weighted by atomic mass is 10.2. The third-order valence-corrected chi connectivity index (χ3v) is 4.55. The monoisotopic (exact) mass is 269 g/mol. The van der Waals surface area contributed by atoms with Gasteiger partial charge in [-0.15, -0.1) is 0 Å². The lowest BCUT2D eigenvalue weighted by Gasteiger charge is -2.22. The molecular weight excluding hydrogens is 242 g/mol. The second kappa shape index (κ2) is 7.85. The molecule has 4 heteroatoms. The summed E-state index contributed by atoms with van der Waals surface area (Å²) >= 11 is 2.04. The second-order valence-electron chi connectivity index (χ2n) is 4.96. The van der Waals surface area contributed by atoms with Crippen molar-refractivity contribution in [2.24, 2.45) is 0 Å². The first-order valence-corrected chi connectivity index (χ1v) is 8.03. The van der Waals surface area contributed by atoms with Gasteiger partial charge >= 0.3 is 0 Å². The number of nitrogens with one attached hydrogen (secondary N) is 1. The maximum atomic E-state index is 4.43. The second-order valence-corrected chi connectivity index (χ2v) is 6.43. The van der Waals surface area contributed by atoms with Gasteiger partial charge in [0.15, 0.2) is 0 Å². The topological polar surface area (TPSA) is 29.9 Å². The summed E-state index contributed by atoms with van der Waals surface area (Å²) in [5.41, 5.74) is 1.31. The van der Waals surface area contributed by atoms with Crippen LogP contribution in [0.3, 0.4) is 0 Å². The Bertz CT molecular complexity index is 336. The third-order valence-electron chi connectivity index (χ3n) is 3.12. The van der Waals surface area contributed by atoms with Crippen molar-refractivity contribution < 1.29 is 0 Å². The first kappa shape index (κ1) is 15.6. The highest BCUT2D eigenvalue weighted by Gasteiger charge is 2.17. The van der Waals surface area contributed by atoms with Crippen molar-refractivity contribution >= 4 is 11.8 Å². The fourth-order valence-corrected chi connectivity index (χ4v) is 2.95. The molecule has 2 unspecified atom stereocenters. The van der Waals surface area contributed by atoms with Crippen LogP contribution in [-0.2, 0) is 0 Å². The minimum atomic E-state index is 0.402. The van der Waals surface area contributed by atoms with Gasteiger partial charge in [0, 0.05) is 23.2 Å². The molecular formula is C14H27N3S. The molecule has 1 aromatic rings. The summed E-state index contributed by atoms with van der Waals surface area (Å²) in [6.07, 6.45) is 3.14. The number of hydrogen-bond acceptors (Lipinski definition) is 3. The van der Waals surface area contributed by atoms with Crippen LogP contribution >= 0.6 is 11.8 Å². The van der Waals surface area contributed by atoms with Gasteiger partial charge in [-0.05, 0) is 32.9 Å². The van der Waals surface area contributed by atoms with Gasteiger partial charge < -0.3 is 5.32 Å². The summed E-state index contributed by atoms with van der Waals surface area (Å²) in [4.78, 5) is 0. The van der Waals surface area contributed by atoms with Crippen molar-refractivity contribution in [2.45, 2.75) is 58.4 Å². The first-order valence-electron chi connectivity index (χ1n) is 6.98. The van der Waals surface area contributed by atoms with Gasteiger partial charge in [-0.3, -0.25) is 4.68 Å². The molecule has 0 aliphatic heterocycles. The summed E-state index contributed by atoms with van der Waals surface area (Å²) in [7, 11) is 0. The van der Waals surface area contributed by atoms with E-state index >= 15 is 0 Å². The molecule has 3 nitrogen and oxygen atoms in total. The van der Waals surface area contributed by atoms with Crippen molar-refractivity contribution in [2.75, 3.05) is 12.3 Å². The molecule has 0 radical (unpaired) electrons. The molecule has 0 aliphatic carbocycles. The van der Waals surface area contributed by atoms with Crippen LogP contribution in [0.2, 0.25) is 0 Å². The maximum Gasteiger partial charge on any atom is 0.0583 e. The van der Waals surface area contributed by atoms with Crippen LogP contribution in [0, 0.1) is 0 Å². The van der Waals surface area contributed by atoms with Crippen LogP contribution < -0.4 is 5.32 Å². The molecule has 1 heterocycles. The fourth-order valence-electron chi connectivity index (χ4n) is 1.91. The molecule has 0 saturated carbocycles. The van der Waals surface area contributed by atoms with Gasteiger partial charge in [0.05, 0.1) is 11.7 Å². The van der Waals surface area contributed by atoms with E-state index < -0.39 is 0 Å². The average Bonchev–Trinajstić information content (AvgIpc) is 2.83. The van der Waals surface area contributed by atoms with E-state index in [1.165, 1.54) is 12.1 Å². The Labute approximate surface area is 116 Å². The minimum absolute atomic E-state index is 0.402. The quantitative estimate of drug-likeness (QED) is 0.781. The zero-order valence-electron chi connectivity index (χ0n) is 12.3. The lowest BCUT2D eigenvalue weighted by molar-refractivity contribution is 0.468. The predicted molar refractivity (Wildman–Crippen MR) is 81.2 cm³/mol. The Morgan fingerprint density at radius 1 is 1.33 bits per heavy atom. The van der Waals surface area contributed by atoms with Crippen LogP contribution in [0.4, 0.5) is 0 Å². The van der Waals surface area contributed by atoms with Crippen molar-refractivity contribution in [1.82, 2.24) is 15.1 Å². The molecule has 104 valence electrons. The Kier molecular flexibility index (Phi) is 6.79. The predicted octanol–water partition coefficient (Wildman–Crippen LogP) is 3.65. The van der Waals surface area contributed by atoms with Crippen LogP contribution in [-0.4, -0.2) is 27.3 Å². The number of thioether (sulfide) groups is 1. The van der Waals surface area contributed by atoms with E-state index in [2.05, 4.69) is 55.8 Å². The third kappa shape index (κ3) is 4.32. The Hall–Kier alpha value is -0.480. The fraction of sp³-hybridized carbons (Fsp3) is 0.786. The molecule has 0 aliphatic rings. The summed E-state index contributed by atoms with van der Waals surface area (Å²) < 4.78 is 2.13. The zero-order chi connectivity index (χ0) is 13.5. The van der Waals surface area contributed by atoms with Gasteiger partial charge in [0.2, 0.25) is 0 Å². The SMILES string of the molecule is CCNC(CSC(C)CC)c1ccnn1C(C)C. The van der Waals surface area contributed by atoms with Crippen molar-refractivity contribution in [3.8, 4) is 0 Å². The minimum Gasteiger partial charge on any atom is -0.308 e. The van der Waals surface area contributed by atoms with Crippen molar-refractivity contribution in [1.29, 1.82) is 0 Å². The van der Waals surface area contributed by atoms with E-state index in [0.29, 0.717) is 12.1 Å². The maximum absolute atomic E-state index is 4.43. The normalized spacial score (nSPS) is 15.0. The molecule has 1 aromatic heterocycles. The van der Waals surface area contributed by atoms with Gasteiger partial charge in [-0.2, -0.15) is 16.9 Å². The number of hydrogen-bond donors (Lipinski definition) is 1. The van der Waals surface area contributed by atoms with E-state index in [1.54, 1.807) is 0 Å². The zero-order valence-corrected chi connectivity index (χ0v) is 13.1. The van der Waals surface area contributed by atoms with E-state index in [1.807, 2.05) is 18.0 Å². The highest BCUT2D eigenvalue weighted by Crippen LogP contribution is 2.24. The lowest BCUT2D eigenvalue weighted by Crippen LogP contribution is -2.27. The summed E-state index contributed by atoms with van der Waals surface area (Å²) in [6.45, 7) is 12.1. The highest BCUT2D eigenvalue weighted by atomic mass is 32.2. The molecule has 0 aromatic carbocycles. The van der Waals surface area contributed by atoms with E-state index in [9.17, 15) is 0 Å². The van der Waals surface area contributed by atoms with Gasteiger partial charge in [0.1, 0.15) is 0 Å². The highest BCUT2D eigenvalue weighted by molar-refractivity contribution is 7.99. The van der Waals surface area contributed by atoms with Gasteiger partial charge in [0.25, 0.3) is 0 Å². The Morgan fingerprint density at radius 2 is 2.06 bits per heavy atom. The summed E-state index contributed by atoms with van der Waals surface area (Å²) in [6, 6.07) is 2.97. The molecule has 18 heavy (non-hydrogen) atoms. The first-order chi connectivity index (χ1) is 8.60. The van der Waals surface area contributed by atoms with Gasteiger partial charge in [-0.25, -0.2) is 0 Å². The molecule has 0 fully saturated rings. The number of aromatic nitrogens is 2. The van der Waals surface area contributed by atoms with Crippen LogP contribution in [0.15, 0.2) is 12.3 Å². The molecule has 0 spiro atoms. The van der Waals surface area contributed by atoms with Crippen LogP contribution in [0.25, 0.3) is 0 Å². The smallest absolute Gasteiger partial charge is 0.0583 e. The molecule has 1 N–H and O–H groups in total. The van der Waals surface area contributed by atoms with Gasteiger partial charge in [-0.1, -0.05) is 20.8 Å². The standard InChI is InChI=1S/C14H27N3S/c1-6-12(5)18-10-13(15-7-2)14-8-9-16-17(14)11(3)4/h8-9,11-13,15H,6-7,10H2,1-5H3. The van der Waals surface area contributed by atoms with Crippen LogP contribution in [0.1, 0.15) is 58.8 Å². The molecule has 0 saturated heterocycles.